The van der Waals surface area contributed by atoms with Crippen LogP contribution in [0.3, 0.4) is 0 Å². The van der Waals surface area contributed by atoms with Gasteiger partial charge in [0, 0.05) is 11.3 Å². The molecule has 0 aliphatic heterocycles. The Labute approximate surface area is 176 Å². The van der Waals surface area contributed by atoms with Crippen molar-refractivity contribution in [3.8, 4) is 23.1 Å². The predicted molar refractivity (Wildman–Crippen MR) is 119 cm³/mol. The molecule has 6 heteroatoms. The van der Waals surface area contributed by atoms with Crippen LogP contribution in [0.5, 0.6) is 5.75 Å². The molecule has 0 bridgehead atoms. The molecular weight excluding hydrogens is 380 g/mol. The molecule has 0 radical (unpaired) electrons. The van der Waals surface area contributed by atoms with Gasteiger partial charge < -0.3 is 10.1 Å². The van der Waals surface area contributed by atoms with Crippen LogP contribution in [-0.2, 0) is 5.41 Å². The van der Waals surface area contributed by atoms with Crippen LogP contribution >= 0.6 is 11.8 Å². The number of methoxy groups -OCH3 is 1. The highest BCUT2D eigenvalue weighted by Gasteiger charge is 2.18. The van der Waals surface area contributed by atoms with Gasteiger partial charge in [-0.1, -0.05) is 56.8 Å². The van der Waals surface area contributed by atoms with Gasteiger partial charge in [-0.15, -0.1) is 0 Å². The quantitative estimate of drug-likeness (QED) is 0.429. The summed E-state index contributed by atoms with van der Waals surface area (Å²) in [4.78, 5) is 9.15. The number of hydrogen-bond acceptors (Lipinski definition) is 6. The minimum Gasteiger partial charge on any atom is -0.497 e. The van der Waals surface area contributed by atoms with E-state index in [9.17, 15) is 5.26 Å². The summed E-state index contributed by atoms with van der Waals surface area (Å²) in [6, 6.07) is 18.0. The lowest BCUT2D eigenvalue weighted by molar-refractivity contribution is 0.415. The molecular formula is C23H24N4OS. The van der Waals surface area contributed by atoms with E-state index in [0.717, 1.165) is 17.0 Å². The van der Waals surface area contributed by atoms with Crippen molar-refractivity contribution in [3.05, 3.63) is 59.7 Å². The normalized spacial score (nSPS) is 11.0. The summed E-state index contributed by atoms with van der Waals surface area (Å²) >= 11 is 1.44. The van der Waals surface area contributed by atoms with Crippen LogP contribution in [0.1, 0.15) is 31.9 Å². The van der Waals surface area contributed by atoms with Crippen molar-refractivity contribution >= 4 is 23.3 Å². The van der Waals surface area contributed by atoms with Gasteiger partial charge in [0.25, 0.3) is 0 Å². The fourth-order valence-corrected chi connectivity index (χ4v) is 3.24. The zero-order valence-electron chi connectivity index (χ0n) is 17.3. The van der Waals surface area contributed by atoms with Crippen LogP contribution in [-0.4, -0.2) is 23.3 Å². The first-order valence-electron chi connectivity index (χ1n) is 9.24. The van der Waals surface area contributed by atoms with E-state index < -0.39 is 0 Å². The summed E-state index contributed by atoms with van der Waals surface area (Å²) in [7, 11) is 1.63. The average molecular weight is 405 g/mol. The third-order valence-electron chi connectivity index (χ3n) is 4.56. The highest BCUT2D eigenvalue weighted by atomic mass is 32.2. The number of anilines is 2. The number of benzene rings is 2. The fraction of sp³-hybridized carbons (Fsp3) is 0.261. The maximum Gasteiger partial charge on any atom is 0.189 e. The van der Waals surface area contributed by atoms with Crippen molar-refractivity contribution in [2.75, 3.05) is 18.7 Å². The fourth-order valence-electron chi connectivity index (χ4n) is 2.88. The summed E-state index contributed by atoms with van der Waals surface area (Å²) in [5, 5.41) is 13.7. The Kier molecular flexibility index (Phi) is 6.09. The van der Waals surface area contributed by atoms with Crippen molar-refractivity contribution < 1.29 is 4.74 Å². The highest BCUT2D eigenvalue weighted by molar-refractivity contribution is 7.98. The maximum absolute atomic E-state index is 9.87. The Morgan fingerprint density at radius 1 is 1.00 bits per heavy atom. The van der Waals surface area contributed by atoms with Crippen LogP contribution < -0.4 is 10.1 Å². The molecule has 0 unspecified atom stereocenters. The van der Waals surface area contributed by atoms with Crippen molar-refractivity contribution in [1.82, 2.24) is 9.97 Å². The molecule has 0 amide bonds. The molecule has 1 N–H and O–H groups in total. The van der Waals surface area contributed by atoms with E-state index in [2.05, 4.69) is 54.3 Å². The summed E-state index contributed by atoms with van der Waals surface area (Å²) in [6.07, 6.45) is 1.92. The second-order valence-electron chi connectivity index (χ2n) is 7.58. The number of thioether (sulfide) groups is 1. The Morgan fingerprint density at radius 2 is 1.66 bits per heavy atom. The summed E-state index contributed by atoms with van der Waals surface area (Å²) in [6.45, 7) is 6.53. The number of ether oxygens (including phenoxy) is 1. The molecule has 29 heavy (non-hydrogen) atoms. The standard InChI is InChI=1S/C23H24N4OS/c1-23(2,3)16-8-6-15(7-9-16)20-19(14-24)21(27-22(26-20)29-5)25-17-10-12-18(28-4)13-11-17/h6-13H,1-5H3,(H,25,26,27). The van der Waals surface area contributed by atoms with E-state index in [-0.39, 0.29) is 5.41 Å². The molecule has 1 aromatic heterocycles. The van der Waals surface area contributed by atoms with Crippen molar-refractivity contribution in [2.45, 2.75) is 31.3 Å². The van der Waals surface area contributed by atoms with Gasteiger partial charge in [-0.25, -0.2) is 9.97 Å². The smallest absolute Gasteiger partial charge is 0.189 e. The third kappa shape index (κ3) is 4.69. The summed E-state index contributed by atoms with van der Waals surface area (Å²) in [5.41, 5.74) is 4.06. The van der Waals surface area contributed by atoms with E-state index in [4.69, 9.17) is 4.74 Å². The first kappa shape index (κ1) is 20.7. The van der Waals surface area contributed by atoms with E-state index >= 15 is 0 Å². The summed E-state index contributed by atoms with van der Waals surface area (Å²) in [5.74, 6) is 1.26. The molecule has 2 aromatic carbocycles. The molecule has 0 aliphatic carbocycles. The number of nitrogens with zero attached hydrogens (tertiary/aromatic N) is 3. The monoisotopic (exact) mass is 404 g/mol. The number of nitriles is 1. The lowest BCUT2D eigenvalue weighted by atomic mass is 9.86. The average Bonchev–Trinajstić information content (AvgIpc) is 2.73. The molecule has 0 saturated carbocycles. The lowest BCUT2D eigenvalue weighted by Gasteiger charge is -2.19. The molecule has 148 valence electrons. The molecule has 0 fully saturated rings. The minimum absolute atomic E-state index is 0.0633. The molecule has 3 aromatic rings. The van der Waals surface area contributed by atoms with E-state index in [1.165, 1.54) is 17.3 Å². The van der Waals surface area contributed by atoms with Crippen molar-refractivity contribution in [3.63, 3.8) is 0 Å². The summed E-state index contributed by atoms with van der Waals surface area (Å²) < 4.78 is 5.20. The van der Waals surface area contributed by atoms with Crippen molar-refractivity contribution in [1.29, 1.82) is 5.26 Å². The predicted octanol–water partition coefficient (Wildman–Crippen LogP) is 5.79. The van der Waals surface area contributed by atoms with Crippen LogP contribution in [0.25, 0.3) is 11.3 Å². The lowest BCUT2D eigenvalue weighted by Crippen LogP contribution is -2.10. The Hall–Kier alpha value is -3.04. The van der Waals surface area contributed by atoms with Gasteiger partial charge >= 0.3 is 0 Å². The van der Waals surface area contributed by atoms with Crippen molar-refractivity contribution in [2.24, 2.45) is 0 Å². The first-order chi connectivity index (χ1) is 13.9. The van der Waals surface area contributed by atoms with Gasteiger partial charge in [0.15, 0.2) is 11.0 Å². The van der Waals surface area contributed by atoms with Gasteiger partial charge in [-0.05, 0) is 41.5 Å². The maximum atomic E-state index is 9.87. The van der Waals surface area contributed by atoms with E-state index in [1.807, 2.05) is 42.7 Å². The zero-order chi connectivity index (χ0) is 21.0. The Bertz CT molecular complexity index is 1030. The molecule has 0 atom stereocenters. The molecule has 0 spiro atoms. The number of hydrogen-bond donors (Lipinski definition) is 1. The third-order valence-corrected chi connectivity index (χ3v) is 5.11. The van der Waals surface area contributed by atoms with Gasteiger partial charge in [-0.3, -0.25) is 0 Å². The largest absolute Gasteiger partial charge is 0.497 e. The number of aromatic nitrogens is 2. The van der Waals surface area contributed by atoms with Crippen LogP contribution in [0.4, 0.5) is 11.5 Å². The second kappa shape index (κ2) is 8.54. The highest BCUT2D eigenvalue weighted by Crippen LogP contribution is 2.32. The molecule has 3 rings (SSSR count). The molecule has 0 aliphatic rings. The van der Waals surface area contributed by atoms with E-state index in [1.54, 1.807) is 7.11 Å². The van der Waals surface area contributed by atoms with Gasteiger partial charge in [0.2, 0.25) is 0 Å². The minimum atomic E-state index is 0.0633. The van der Waals surface area contributed by atoms with E-state index in [0.29, 0.717) is 22.2 Å². The first-order valence-corrected chi connectivity index (χ1v) is 10.5. The topological polar surface area (TPSA) is 70.8 Å². The van der Waals surface area contributed by atoms with Gasteiger partial charge in [0.05, 0.1) is 12.8 Å². The number of nitrogens with one attached hydrogen (secondary N) is 1. The van der Waals surface area contributed by atoms with Gasteiger partial charge in [-0.2, -0.15) is 5.26 Å². The Morgan fingerprint density at radius 3 is 2.17 bits per heavy atom. The molecule has 1 heterocycles. The molecule has 0 saturated heterocycles. The van der Waals surface area contributed by atoms with Gasteiger partial charge in [0.1, 0.15) is 17.4 Å². The van der Waals surface area contributed by atoms with Crippen LogP contribution in [0.2, 0.25) is 0 Å². The van der Waals surface area contributed by atoms with Crippen LogP contribution in [0.15, 0.2) is 53.7 Å². The SMILES string of the molecule is COc1ccc(Nc2nc(SC)nc(-c3ccc(C(C)(C)C)cc3)c2C#N)cc1. The second-order valence-corrected chi connectivity index (χ2v) is 8.35. The Balaban J connectivity index is 2.05. The zero-order valence-corrected chi connectivity index (χ0v) is 18.1. The van der Waals surface area contributed by atoms with Crippen LogP contribution in [0, 0.1) is 11.3 Å². The number of rotatable bonds is 5. The molecule has 5 nitrogen and oxygen atoms in total.